The zero-order valence-electron chi connectivity index (χ0n) is 8.68. The Morgan fingerprint density at radius 3 is 2.69 bits per heavy atom. The van der Waals surface area contributed by atoms with Gasteiger partial charge in [0, 0.05) is 18.1 Å². The molecule has 0 fully saturated rings. The van der Waals surface area contributed by atoms with Gasteiger partial charge in [-0.15, -0.1) is 0 Å². The molecule has 16 heavy (non-hydrogen) atoms. The number of imidazole rings is 1. The highest BCUT2D eigenvalue weighted by molar-refractivity contribution is 5.75. The van der Waals surface area contributed by atoms with E-state index in [1.807, 2.05) is 19.1 Å². The Morgan fingerprint density at radius 1 is 1.06 bits per heavy atom. The Hall–Kier alpha value is -2.30. The van der Waals surface area contributed by atoms with Crippen LogP contribution < -0.4 is 0 Å². The lowest BCUT2D eigenvalue weighted by Gasteiger charge is -1.91. The summed E-state index contributed by atoms with van der Waals surface area (Å²) in [5, 5.41) is 0. The van der Waals surface area contributed by atoms with Crippen molar-refractivity contribution in [1.29, 1.82) is 0 Å². The summed E-state index contributed by atoms with van der Waals surface area (Å²) in [6, 6.07) is 3.92. The third kappa shape index (κ3) is 1.42. The molecule has 3 aromatic rings. The first-order valence-corrected chi connectivity index (χ1v) is 4.92. The number of nitrogens with one attached hydrogen (secondary N) is 1. The van der Waals surface area contributed by atoms with Gasteiger partial charge in [-0.1, -0.05) is 0 Å². The number of rotatable bonds is 1. The van der Waals surface area contributed by atoms with Crippen LogP contribution in [0.15, 0.2) is 30.9 Å². The molecule has 5 heteroatoms. The predicted octanol–water partition coefficient (Wildman–Crippen LogP) is 1.72. The number of fused-ring (bicyclic) bond motifs is 1. The van der Waals surface area contributed by atoms with Crippen LogP contribution in [0.1, 0.15) is 5.69 Å². The van der Waals surface area contributed by atoms with Crippen LogP contribution in [0.3, 0.4) is 0 Å². The van der Waals surface area contributed by atoms with Crippen molar-refractivity contribution < 1.29 is 0 Å². The zero-order valence-corrected chi connectivity index (χ0v) is 8.68. The number of hydrogen-bond donors (Lipinski definition) is 1. The fourth-order valence-electron chi connectivity index (χ4n) is 1.55. The van der Waals surface area contributed by atoms with Crippen molar-refractivity contribution in [3.8, 4) is 11.4 Å². The highest BCUT2D eigenvalue weighted by Gasteiger charge is 2.06. The SMILES string of the molecule is Cc1ccc2[nH]c(-c3cncnc3)nc2n1. The molecule has 3 aromatic heterocycles. The molecular formula is C11H9N5. The summed E-state index contributed by atoms with van der Waals surface area (Å²) >= 11 is 0. The van der Waals surface area contributed by atoms with Crippen molar-refractivity contribution in [2.75, 3.05) is 0 Å². The van der Waals surface area contributed by atoms with Gasteiger partial charge in [0.05, 0.1) is 11.1 Å². The molecule has 0 aliphatic heterocycles. The van der Waals surface area contributed by atoms with E-state index in [-0.39, 0.29) is 0 Å². The summed E-state index contributed by atoms with van der Waals surface area (Å²) in [6.45, 7) is 1.94. The van der Waals surface area contributed by atoms with Gasteiger partial charge in [0.25, 0.3) is 0 Å². The van der Waals surface area contributed by atoms with Crippen LogP contribution in [0.25, 0.3) is 22.6 Å². The maximum atomic E-state index is 4.40. The van der Waals surface area contributed by atoms with Gasteiger partial charge in [0.1, 0.15) is 12.2 Å². The highest BCUT2D eigenvalue weighted by Crippen LogP contribution is 2.17. The van der Waals surface area contributed by atoms with Crippen LogP contribution in [0.4, 0.5) is 0 Å². The van der Waals surface area contributed by atoms with Crippen LogP contribution in [0, 0.1) is 6.92 Å². The van der Waals surface area contributed by atoms with Crippen LogP contribution in [0.2, 0.25) is 0 Å². The number of aromatic nitrogens is 5. The second-order valence-electron chi connectivity index (χ2n) is 3.54. The van der Waals surface area contributed by atoms with E-state index in [1.54, 1.807) is 12.4 Å². The van der Waals surface area contributed by atoms with Crippen molar-refractivity contribution >= 4 is 11.2 Å². The van der Waals surface area contributed by atoms with Gasteiger partial charge in [-0.2, -0.15) is 0 Å². The third-order valence-corrected chi connectivity index (χ3v) is 2.32. The van der Waals surface area contributed by atoms with Crippen molar-refractivity contribution in [3.05, 3.63) is 36.5 Å². The molecule has 0 unspecified atom stereocenters. The third-order valence-electron chi connectivity index (χ3n) is 2.32. The Labute approximate surface area is 91.6 Å². The topological polar surface area (TPSA) is 67.3 Å². The van der Waals surface area contributed by atoms with E-state index in [1.165, 1.54) is 6.33 Å². The molecular weight excluding hydrogens is 202 g/mol. The lowest BCUT2D eigenvalue weighted by atomic mass is 10.3. The fourth-order valence-corrected chi connectivity index (χ4v) is 1.55. The Bertz CT molecular complexity index is 629. The molecule has 0 spiro atoms. The minimum absolute atomic E-state index is 0.721. The Morgan fingerprint density at radius 2 is 1.88 bits per heavy atom. The van der Waals surface area contributed by atoms with Gasteiger partial charge >= 0.3 is 0 Å². The Balaban J connectivity index is 2.19. The van der Waals surface area contributed by atoms with Gasteiger partial charge in [-0.3, -0.25) is 0 Å². The first kappa shape index (κ1) is 8.96. The molecule has 0 radical (unpaired) electrons. The molecule has 78 valence electrons. The fraction of sp³-hybridized carbons (Fsp3) is 0.0909. The van der Waals surface area contributed by atoms with Crippen molar-refractivity contribution in [3.63, 3.8) is 0 Å². The molecule has 0 saturated heterocycles. The number of aromatic amines is 1. The number of nitrogens with zero attached hydrogens (tertiary/aromatic N) is 4. The van der Waals surface area contributed by atoms with Gasteiger partial charge in [-0.05, 0) is 19.1 Å². The molecule has 0 bridgehead atoms. The largest absolute Gasteiger partial charge is 0.336 e. The number of pyridine rings is 1. The normalized spacial score (nSPS) is 10.8. The number of aryl methyl sites for hydroxylation is 1. The summed E-state index contributed by atoms with van der Waals surface area (Å²) in [5.74, 6) is 0.744. The Kier molecular flexibility index (Phi) is 1.89. The first-order chi connectivity index (χ1) is 7.83. The van der Waals surface area contributed by atoms with Gasteiger partial charge in [0.2, 0.25) is 0 Å². The van der Waals surface area contributed by atoms with E-state index in [2.05, 4.69) is 24.9 Å². The van der Waals surface area contributed by atoms with Crippen molar-refractivity contribution in [1.82, 2.24) is 24.9 Å². The van der Waals surface area contributed by atoms with E-state index >= 15 is 0 Å². The number of H-pyrrole nitrogens is 1. The zero-order chi connectivity index (χ0) is 11.0. The molecule has 0 aliphatic carbocycles. The molecule has 3 rings (SSSR count). The summed E-state index contributed by atoms with van der Waals surface area (Å²) < 4.78 is 0. The van der Waals surface area contributed by atoms with Gasteiger partial charge in [0.15, 0.2) is 5.65 Å². The van der Waals surface area contributed by atoms with Crippen LogP contribution in [0.5, 0.6) is 0 Å². The smallest absolute Gasteiger partial charge is 0.178 e. The standard InChI is InChI=1S/C11H9N5/c1-7-2-3-9-11(14-7)16-10(15-9)8-4-12-6-13-5-8/h2-6H,1H3,(H,14,15,16). The van der Waals surface area contributed by atoms with E-state index in [0.29, 0.717) is 0 Å². The second-order valence-corrected chi connectivity index (χ2v) is 3.54. The average Bonchev–Trinajstić information content (AvgIpc) is 2.73. The highest BCUT2D eigenvalue weighted by atomic mass is 15.0. The van der Waals surface area contributed by atoms with Crippen molar-refractivity contribution in [2.24, 2.45) is 0 Å². The molecule has 0 aliphatic rings. The number of hydrogen-bond acceptors (Lipinski definition) is 4. The minimum atomic E-state index is 0.721. The molecule has 5 nitrogen and oxygen atoms in total. The summed E-state index contributed by atoms with van der Waals surface area (Å²) in [4.78, 5) is 19.8. The molecule has 0 amide bonds. The van der Waals surface area contributed by atoms with E-state index in [9.17, 15) is 0 Å². The summed E-state index contributed by atoms with van der Waals surface area (Å²) in [7, 11) is 0. The monoisotopic (exact) mass is 211 g/mol. The lowest BCUT2D eigenvalue weighted by molar-refractivity contribution is 1.15. The lowest BCUT2D eigenvalue weighted by Crippen LogP contribution is -1.83. The van der Waals surface area contributed by atoms with Crippen LogP contribution in [-0.2, 0) is 0 Å². The van der Waals surface area contributed by atoms with Crippen molar-refractivity contribution in [2.45, 2.75) is 6.92 Å². The predicted molar refractivity (Wildman–Crippen MR) is 59.7 cm³/mol. The summed E-state index contributed by atoms with van der Waals surface area (Å²) in [6.07, 6.45) is 4.93. The minimum Gasteiger partial charge on any atom is -0.336 e. The van der Waals surface area contributed by atoms with E-state index < -0.39 is 0 Å². The second kappa shape index (κ2) is 3.37. The molecule has 0 aromatic carbocycles. The van der Waals surface area contributed by atoms with E-state index in [4.69, 9.17) is 0 Å². The van der Waals surface area contributed by atoms with Crippen LogP contribution >= 0.6 is 0 Å². The maximum Gasteiger partial charge on any atom is 0.178 e. The molecule has 0 saturated carbocycles. The molecule has 0 atom stereocenters. The summed E-state index contributed by atoms with van der Waals surface area (Å²) in [5.41, 5.74) is 3.45. The van der Waals surface area contributed by atoms with Crippen LogP contribution in [-0.4, -0.2) is 24.9 Å². The molecule has 3 heterocycles. The maximum absolute atomic E-state index is 4.40. The van der Waals surface area contributed by atoms with Gasteiger partial charge in [-0.25, -0.2) is 19.9 Å². The average molecular weight is 211 g/mol. The molecule has 1 N–H and O–H groups in total. The van der Waals surface area contributed by atoms with E-state index in [0.717, 1.165) is 28.2 Å². The first-order valence-electron chi connectivity index (χ1n) is 4.92. The quantitative estimate of drug-likeness (QED) is 0.665. The van der Waals surface area contributed by atoms with Gasteiger partial charge < -0.3 is 4.98 Å².